The van der Waals surface area contributed by atoms with Gasteiger partial charge >= 0.3 is 0 Å². The third-order valence-corrected chi connectivity index (χ3v) is 4.89. The molecule has 2 aromatic heterocycles. The van der Waals surface area contributed by atoms with Gasteiger partial charge in [-0.25, -0.2) is 9.97 Å². The van der Waals surface area contributed by atoms with Crippen molar-refractivity contribution in [2.24, 2.45) is 11.7 Å². The second-order valence-electron chi connectivity index (χ2n) is 5.90. The van der Waals surface area contributed by atoms with Crippen molar-refractivity contribution < 1.29 is 4.79 Å². The Morgan fingerprint density at radius 2 is 2.24 bits per heavy atom. The van der Waals surface area contributed by atoms with Gasteiger partial charge < -0.3 is 16.0 Å². The normalized spacial score (nSPS) is 19.5. The highest BCUT2D eigenvalue weighted by Crippen LogP contribution is 2.25. The molecular weight excluding hydrogens is 381 g/mol. The Kier molecular flexibility index (Phi) is 8.58. The van der Waals surface area contributed by atoms with Gasteiger partial charge in [0.15, 0.2) is 5.13 Å². The Labute approximate surface area is 164 Å². The maximum Gasteiger partial charge on any atom is 0.273 e. The first-order valence-corrected chi connectivity index (χ1v) is 8.70. The fourth-order valence-electron chi connectivity index (χ4n) is 2.87. The molecule has 1 aliphatic rings. The van der Waals surface area contributed by atoms with Crippen LogP contribution in [0.1, 0.15) is 30.3 Å². The van der Waals surface area contributed by atoms with E-state index in [-0.39, 0.29) is 36.8 Å². The summed E-state index contributed by atoms with van der Waals surface area (Å²) in [5, 5.41) is 5.57. The summed E-state index contributed by atoms with van der Waals surface area (Å²) in [6, 6.07) is 5.72. The summed E-state index contributed by atoms with van der Waals surface area (Å²) < 4.78 is 0. The highest BCUT2D eigenvalue weighted by Gasteiger charge is 2.30. The number of carbonyl (C=O) groups excluding carboxylic acids is 1. The van der Waals surface area contributed by atoms with Crippen molar-refractivity contribution in [1.82, 2.24) is 14.9 Å². The van der Waals surface area contributed by atoms with E-state index < -0.39 is 0 Å². The van der Waals surface area contributed by atoms with Crippen LogP contribution in [0.3, 0.4) is 0 Å². The molecule has 1 fully saturated rings. The Morgan fingerprint density at radius 1 is 1.44 bits per heavy atom. The number of hydrogen-bond donors (Lipinski definition) is 2. The first-order chi connectivity index (χ1) is 11.2. The minimum atomic E-state index is -0.0299. The van der Waals surface area contributed by atoms with Crippen LogP contribution in [0.25, 0.3) is 0 Å². The van der Waals surface area contributed by atoms with Crippen molar-refractivity contribution in [1.29, 1.82) is 0 Å². The molecule has 0 aliphatic carbocycles. The zero-order chi connectivity index (χ0) is 16.2. The highest BCUT2D eigenvalue weighted by molar-refractivity contribution is 7.14. The summed E-state index contributed by atoms with van der Waals surface area (Å²) in [6.45, 7) is 3.46. The van der Waals surface area contributed by atoms with Crippen molar-refractivity contribution in [3.05, 3.63) is 35.5 Å². The van der Waals surface area contributed by atoms with Gasteiger partial charge in [0.1, 0.15) is 11.5 Å². The third-order valence-electron chi connectivity index (χ3n) is 4.13. The number of likely N-dealkylation sites (tertiary alicyclic amines) is 1. The van der Waals surface area contributed by atoms with E-state index in [9.17, 15) is 4.79 Å². The van der Waals surface area contributed by atoms with E-state index in [0.717, 1.165) is 19.4 Å². The van der Waals surface area contributed by atoms with Crippen LogP contribution in [0.2, 0.25) is 0 Å². The fourth-order valence-corrected chi connectivity index (χ4v) is 3.56. The highest BCUT2D eigenvalue weighted by atomic mass is 35.5. The molecule has 0 aromatic carbocycles. The molecule has 2 aromatic rings. The molecule has 2 atom stereocenters. The molecule has 0 saturated carbocycles. The molecule has 6 nitrogen and oxygen atoms in total. The maximum absolute atomic E-state index is 12.7. The van der Waals surface area contributed by atoms with E-state index in [4.69, 9.17) is 5.73 Å². The molecule has 3 heterocycles. The van der Waals surface area contributed by atoms with Crippen LogP contribution in [0, 0.1) is 5.92 Å². The van der Waals surface area contributed by atoms with E-state index in [0.29, 0.717) is 29.1 Å². The molecule has 1 saturated heterocycles. The molecule has 0 radical (unpaired) electrons. The Balaban J connectivity index is 0.00000156. The molecule has 1 amide bonds. The van der Waals surface area contributed by atoms with Crippen LogP contribution in [0.5, 0.6) is 0 Å². The van der Waals surface area contributed by atoms with Crippen molar-refractivity contribution >= 4 is 53.0 Å². The van der Waals surface area contributed by atoms with Crippen LogP contribution in [0.4, 0.5) is 10.9 Å². The first-order valence-electron chi connectivity index (χ1n) is 7.82. The predicted molar refractivity (Wildman–Crippen MR) is 106 cm³/mol. The Bertz CT molecular complexity index is 670. The number of carbonyl (C=O) groups is 1. The van der Waals surface area contributed by atoms with E-state index in [2.05, 4.69) is 22.2 Å². The molecule has 138 valence electrons. The van der Waals surface area contributed by atoms with E-state index in [1.807, 2.05) is 23.1 Å². The number of thiazole rings is 1. The van der Waals surface area contributed by atoms with E-state index in [1.54, 1.807) is 11.6 Å². The second kappa shape index (κ2) is 9.91. The smallest absolute Gasteiger partial charge is 0.273 e. The van der Waals surface area contributed by atoms with Gasteiger partial charge in [-0.2, -0.15) is 0 Å². The van der Waals surface area contributed by atoms with Crippen molar-refractivity contribution in [2.75, 3.05) is 18.4 Å². The zero-order valence-electron chi connectivity index (χ0n) is 13.9. The van der Waals surface area contributed by atoms with Gasteiger partial charge in [0.05, 0.1) is 0 Å². The van der Waals surface area contributed by atoms with Gasteiger partial charge in [-0.1, -0.05) is 13.0 Å². The van der Waals surface area contributed by atoms with Gasteiger partial charge in [-0.3, -0.25) is 4.79 Å². The summed E-state index contributed by atoms with van der Waals surface area (Å²) in [7, 11) is 0. The van der Waals surface area contributed by atoms with E-state index in [1.165, 1.54) is 11.3 Å². The average Bonchev–Trinajstić information content (AvgIpc) is 3.03. The third kappa shape index (κ3) is 5.28. The molecule has 0 spiro atoms. The molecule has 3 rings (SSSR count). The topological polar surface area (TPSA) is 84.1 Å². The number of piperidine rings is 1. The second-order valence-corrected chi connectivity index (χ2v) is 6.75. The predicted octanol–water partition coefficient (Wildman–Crippen LogP) is 3.32. The van der Waals surface area contributed by atoms with E-state index >= 15 is 0 Å². The lowest BCUT2D eigenvalue weighted by atomic mass is 9.92. The first kappa shape index (κ1) is 21.6. The molecule has 3 N–H and O–H groups in total. The number of halogens is 2. The number of rotatable bonds is 4. The number of anilines is 2. The van der Waals surface area contributed by atoms with Crippen LogP contribution in [-0.2, 0) is 0 Å². The number of amides is 1. The van der Waals surface area contributed by atoms with Crippen LogP contribution in [0.15, 0.2) is 29.8 Å². The van der Waals surface area contributed by atoms with Crippen LogP contribution in [-0.4, -0.2) is 39.9 Å². The van der Waals surface area contributed by atoms with Crippen molar-refractivity contribution in [2.45, 2.75) is 25.8 Å². The van der Waals surface area contributed by atoms with Crippen LogP contribution >= 0.6 is 36.2 Å². The molecule has 9 heteroatoms. The summed E-state index contributed by atoms with van der Waals surface area (Å²) in [5.74, 6) is 1.30. The number of nitrogens with one attached hydrogen (secondary N) is 1. The number of nitrogens with zero attached hydrogens (tertiary/aromatic N) is 3. The maximum atomic E-state index is 12.7. The molecule has 2 unspecified atom stereocenters. The lowest BCUT2D eigenvalue weighted by Gasteiger charge is -2.37. The minimum absolute atomic E-state index is 0. The number of nitrogens with two attached hydrogens (primary N) is 1. The minimum Gasteiger partial charge on any atom is -0.333 e. The summed E-state index contributed by atoms with van der Waals surface area (Å²) in [5.41, 5.74) is 6.32. The van der Waals surface area contributed by atoms with Gasteiger partial charge in [-0.05, 0) is 30.9 Å². The summed E-state index contributed by atoms with van der Waals surface area (Å²) in [4.78, 5) is 23.2. The fraction of sp³-hybridized carbons (Fsp3) is 0.438. The Morgan fingerprint density at radius 3 is 2.92 bits per heavy atom. The largest absolute Gasteiger partial charge is 0.333 e. The molecular formula is C16H23Cl2N5OS. The summed E-state index contributed by atoms with van der Waals surface area (Å²) in [6.07, 6.45) is 3.69. The number of aromatic nitrogens is 2. The number of hydrogen-bond acceptors (Lipinski definition) is 6. The zero-order valence-corrected chi connectivity index (χ0v) is 16.4. The quantitative estimate of drug-likeness (QED) is 0.817. The van der Waals surface area contributed by atoms with Crippen LogP contribution < -0.4 is 11.1 Å². The lowest BCUT2D eigenvalue weighted by molar-refractivity contribution is 0.0568. The summed E-state index contributed by atoms with van der Waals surface area (Å²) >= 11 is 1.41. The standard InChI is InChI=1S/C16H21N5OS.2ClH/c1-11-5-7-21(12(8-11)9-17)15(22)13-10-23-16(19-13)20-14-4-2-3-6-18-14;;/h2-4,6,10-12H,5,7-9,17H2,1H3,(H,18,19,20);2*1H. The Hall–Kier alpha value is -1.41. The van der Waals surface area contributed by atoms with Gasteiger partial charge in [0, 0.05) is 30.7 Å². The van der Waals surface area contributed by atoms with Gasteiger partial charge in [0.25, 0.3) is 5.91 Å². The van der Waals surface area contributed by atoms with Crippen molar-refractivity contribution in [3.63, 3.8) is 0 Å². The number of pyridine rings is 1. The van der Waals surface area contributed by atoms with Crippen molar-refractivity contribution in [3.8, 4) is 0 Å². The monoisotopic (exact) mass is 403 g/mol. The SMILES string of the molecule is CC1CCN(C(=O)c2csc(Nc3ccccn3)n2)C(CN)C1.Cl.Cl. The van der Waals surface area contributed by atoms with Gasteiger partial charge in [0.2, 0.25) is 0 Å². The molecule has 25 heavy (non-hydrogen) atoms. The molecule has 0 bridgehead atoms. The molecule has 1 aliphatic heterocycles. The van der Waals surface area contributed by atoms with Gasteiger partial charge in [-0.15, -0.1) is 36.2 Å². The average molecular weight is 404 g/mol. The lowest BCUT2D eigenvalue weighted by Crippen LogP contribution is -2.49.